The topological polar surface area (TPSA) is 94.1 Å². The maximum Gasteiger partial charge on any atom is 0.540 e. The number of ether oxygens (including phenoxy) is 1. The molecule has 2 N–H and O–H groups in total. The first-order chi connectivity index (χ1) is 25.5. The van der Waals surface area contributed by atoms with Crippen LogP contribution >= 0.6 is 13.7 Å². The smallest absolute Gasteiger partial charge is 0.488 e. The largest absolute Gasteiger partial charge is 0.540 e. The van der Waals surface area contributed by atoms with Crippen molar-refractivity contribution in [2.24, 2.45) is 15.9 Å². The minimum absolute atomic E-state index is 0.172. The fourth-order valence-electron chi connectivity index (χ4n) is 4.86. The number of nitrogens with zero attached hydrogens (tertiary/aromatic N) is 4. The standard InChI is InChI=1S/C40H52N5O4P2S2/c1-7-10-11-32-12-24-38(25-13-32)48-51(53,49-39-26-14-33(15-27-39)28-29-41)45(6)43-31-35-18-22-37(23-19-35)47-50(52)44(5)42-30-34-16-20-36(21-17-34)46-40(4,8-2)9-3/h12-27,30-31H,7-11,28-29,41H2,1-6H3/q+1. The van der Waals surface area contributed by atoms with Gasteiger partial charge in [-0.1, -0.05) is 56.2 Å². The van der Waals surface area contributed by atoms with Crippen LogP contribution in [0.2, 0.25) is 0 Å². The minimum atomic E-state index is -3.16. The summed E-state index contributed by atoms with van der Waals surface area (Å²) in [6, 6.07) is 31.2. The summed E-state index contributed by atoms with van der Waals surface area (Å²) in [7, 11) is 2.13. The van der Waals surface area contributed by atoms with E-state index in [1.165, 1.54) is 5.56 Å². The van der Waals surface area contributed by atoms with Gasteiger partial charge in [-0.2, -0.15) is 5.10 Å². The van der Waals surface area contributed by atoms with Crippen molar-refractivity contribution in [2.75, 3.05) is 20.6 Å². The molecule has 0 aliphatic heterocycles. The second kappa shape index (κ2) is 20.6. The zero-order valence-electron chi connectivity index (χ0n) is 31.6. The molecule has 0 spiro atoms. The molecule has 0 aromatic heterocycles. The summed E-state index contributed by atoms with van der Waals surface area (Å²) in [6.07, 6.45) is 9.44. The Bertz CT molecular complexity index is 1840. The van der Waals surface area contributed by atoms with Gasteiger partial charge in [0.1, 0.15) is 22.8 Å². The molecular weight excluding hydrogens is 741 g/mol. The Morgan fingerprint density at radius 3 is 1.68 bits per heavy atom. The molecule has 0 radical (unpaired) electrons. The molecule has 282 valence electrons. The number of hydrogen-bond acceptors (Lipinski definition) is 9. The van der Waals surface area contributed by atoms with E-state index in [4.69, 9.17) is 47.7 Å². The first kappa shape index (κ1) is 41.9. The molecule has 0 saturated heterocycles. The highest BCUT2D eigenvalue weighted by Gasteiger charge is 2.29. The molecule has 0 heterocycles. The van der Waals surface area contributed by atoms with Gasteiger partial charge >= 0.3 is 13.7 Å². The van der Waals surface area contributed by atoms with Gasteiger partial charge in [-0.05, 0) is 141 Å². The highest BCUT2D eigenvalue weighted by Crippen LogP contribution is 2.51. The molecule has 2 atom stereocenters. The number of rotatable bonds is 21. The minimum Gasteiger partial charge on any atom is -0.488 e. The molecule has 9 nitrogen and oxygen atoms in total. The average Bonchev–Trinajstić information content (AvgIpc) is 3.17. The number of hydrogen-bond donors (Lipinski definition) is 1. The fraction of sp³-hybridized carbons (Fsp3) is 0.350. The third-order valence-corrected chi connectivity index (χ3v) is 13.4. The van der Waals surface area contributed by atoms with Crippen LogP contribution in [-0.2, 0) is 36.5 Å². The summed E-state index contributed by atoms with van der Waals surface area (Å²) in [6.45, 7) is 6.01. The summed E-state index contributed by atoms with van der Waals surface area (Å²) in [5, 5.41) is 9.17. The van der Waals surface area contributed by atoms with E-state index < -0.39 is 13.7 Å². The predicted octanol–water partition coefficient (Wildman–Crippen LogP) is 10.3. The van der Waals surface area contributed by atoms with Gasteiger partial charge in [0, 0.05) is 18.9 Å². The molecule has 0 aliphatic carbocycles. The Morgan fingerprint density at radius 1 is 0.717 bits per heavy atom. The zero-order valence-corrected chi connectivity index (χ0v) is 35.0. The van der Waals surface area contributed by atoms with Gasteiger partial charge in [0.2, 0.25) is 11.8 Å². The zero-order chi connectivity index (χ0) is 38.3. The van der Waals surface area contributed by atoms with Gasteiger partial charge in [-0.15, -0.1) is 5.10 Å². The van der Waals surface area contributed by atoms with Gasteiger partial charge < -0.3 is 19.5 Å². The van der Waals surface area contributed by atoms with E-state index in [1.54, 1.807) is 36.1 Å². The summed E-state index contributed by atoms with van der Waals surface area (Å²) in [5.74, 6) is 2.70. The Kier molecular flexibility index (Phi) is 16.3. The van der Waals surface area contributed by atoms with Crippen LogP contribution < -0.4 is 24.0 Å². The monoisotopic (exact) mass is 792 g/mol. The molecular formula is C40H52N5O4P2S2+. The molecule has 2 unspecified atom stereocenters. The van der Waals surface area contributed by atoms with Crippen LogP contribution in [0.3, 0.4) is 0 Å². The van der Waals surface area contributed by atoms with Gasteiger partial charge in [-0.3, -0.25) is 4.52 Å². The molecule has 0 bridgehead atoms. The van der Waals surface area contributed by atoms with E-state index in [9.17, 15) is 0 Å². The van der Waals surface area contributed by atoms with E-state index in [0.29, 0.717) is 23.8 Å². The first-order valence-corrected chi connectivity index (χ1v) is 22.8. The van der Waals surface area contributed by atoms with Crippen LogP contribution in [0.5, 0.6) is 23.0 Å². The Balaban J connectivity index is 1.39. The van der Waals surface area contributed by atoms with Crippen molar-refractivity contribution in [2.45, 2.75) is 71.8 Å². The van der Waals surface area contributed by atoms with Crippen molar-refractivity contribution < 1.29 is 18.3 Å². The Morgan fingerprint density at radius 2 is 1.19 bits per heavy atom. The summed E-state index contributed by atoms with van der Waals surface area (Å²) >= 11 is 11.7. The van der Waals surface area contributed by atoms with Gasteiger partial charge in [0.15, 0.2) is 5.75 Å². The second-order valence-corrected chi connectivity index (χ2v) is 18.2. The Hall–Kier alpha value is -3.85. The van der Waals surface area contributed by atoms with Crippen LogP contribution in [0.1, 0.15) is 75.6 Å². The molecule has 4 rings (SSSR count). The van der Waals surface area contributed by atoms with Crippen LogP contribution in [-0.4, -0.2) is 48.2 Å². The molecule has 4 aromatic carbocycles. The van der Waals surface area contributed by atoms with Crippen molar-refractivity contribution in [1.29, 1.82) is 0 Å². The number of benzene rings is 4. The maximum absolute atomic E-state index is 6.40. The fourth-order valence-corrected chi connectivity index (χ4v) is 7.67. The lowest BCUT2D eigenvalue weighted by Crippen LogP contribution is -2.30. The lowest BCUT2D eigenvalue weighted by molar-refractivity contribution is 0.0803. The van der Waals surface area contributed by atoms with Crippen LogP contribution in [0, 0.1) is 0 Å². The van der Waals surface area contributed by atoms with Crippen molar-refractivity contribution in [3.8, 4) is 23.0 Å². The number of hydrazone groups is 2. The third kappa shape index (κ3) is 13.2. The first-order valence-electron chi connectivity index (χ1n) is 18.0. The SMILES string of the molecule is CCCCc1ccc(OP(=S)(Oc2ccc(CCN)cc2)N(C)N=Cc2ccc(O[P+](=S)N(C)N=Cc3ccc(OC(C)(CC)CC)cc3)cc2)cc1. The van der Waals surface area contributed by atoms with E-state index in [1.807, 2.05) is 84.9 Å². The van der Waals surface area contributed by atoms with Gasteiger partial charge in [0.25, 0.3) is 0 Å². The van der Waals surface area contributed by atoms with E-state index in [0.717, 1.165) is 61.0 Å². The highest BCUT2D eigenvalue weighted by molar-refractivity contribution is 8.09. The van der Waals surface area contributed by atoms with E-state index in [-0.39, 0.29) is 5.60 Å². The summed E-state index contributed by atoms with van der Waals surface area (Å²) in [5.41, 5.74) is 9.71. The van der Waals surface area contributed by atoms with Crippen molar-refractivity contribution >= 4 is 49.8 Å². The highest BCUT2D eigenvalue weighted by atomic mass is 32.5. The van der Waals surface area contributed by atoms with E-state index >= 15 is 0 Å². The maximum atomic E-state index is 6.40. The molecule has 53 heavy (non-hydrogen) atoms. The van der Waals surface area contributed by atoms with Crippen LogP contribution in [0.15, 0.2) is 107 Å². The van der Waals surface area contributed by atoms with Crippen molar-refractivity contribution in [3.05, 3.63) is 119 Å². The molecule has 0 amide bonds. The molecule has 0 aliphatic rings. The Labute approximate surface area is 327 Å². The summed E-state index contributed by atoms with van der Waals surface area (Å²) < 4.78 is 28.3. The van der Waals surface area contributed by atoms with Gasteiger partial charge in [0.05, 0.1) is 19.5 Å². The lowest BCUT2D eigenvalue weighted by Gasteiger charge is -2.29. The summed E-state index contributed by atoms with van der Waals surface area (Å²) in [4.78, 5) is 0. The average molecular weight is 793 g/mol. The second-order valence-electron chi connectivity index (χ2n) is 12.8. The lowest BCUT2D eigenvalue weighted by atomic mass is 10.00. The molecule has 13 heteroatoms. The predicted molar refractivity (Wildman–Crippen MR) is 228 cm³/mol. The van der Waals surface area contributed by atoms with Gasteiger partial charge in [-0.25, -0.2) is 4.78 Å². The van der Waals surface area contributed by atoms with Crippen molar-refractivity contribution in [3.63, 3.8) is 0 Å². The normalized spacial score (nSPS) is 13.1. The quantitative estimate of drug-likeness (QED) is 0.0503. The number of aryl methyl sites for hydroxylation is 1. The molecule has 0 fully saturated rings. The molecule has 0 saturated carbocycles. The van der Waals surface area contributed by atoms with Crippen LogP contribution in [0.25, 0.3) is 0 Å². The third-order valence-electron chi connectivity index (χ3n) is 8.68. The van der Waals surface area contributed by atoms with Crippen LogP contribution in [0.4, 0.5) is 0 Å². The van der Waals surface area contributed by atoms with Crippen molar-refractivity contribution in [1.82, 2.24) is 9.56 Å². The molecule has 4 aromatic rings. The van der Waals surface area contributed by atoms with E-state index in [2.05, 4.69) is 50.0 Å². The number of nitrogens with two attached hydrogens (primary N) is 1. The number of unbranched alkanes of at least 4 members (excludes halogenated alkanes) is 1.